The van der Waals surface area contributed by atoms with Crippen LogP contribution >= 0.6 is 0 Å². The Kier molecular flexibility index (Phi) is 23.1. The molecule has 0 aliphatic heterocycles. The van der Waals surface area contributed by atoms with Crippen LogP contribution in [0.5, 0.6) is 0 Å². The maximum absolute atomic E-state index is 11.3. The Balaban J connectivity index is 0.000000316. The second-order valence-electron chi connectivity index (χ2n) is 13.5. The van der Waals surface area contributed by atoms with E-state index in [1.807, 2.05) is 33.9 Å². The molecule has 0 saturated carbocycles. The quantitative estimate of drug-likeness (QED) is 0.0376. The normalized spacial score (nSPS) is 11.8. The van der Waals surface area contributed by atoms with Crippen molar-refractivity contribution in [2.24, 2.45) is 0 Å². The van der Waals surface area contributed by atoms with Crippen LogP contribution in [-0.2, 0) is 59.5 Å². The summed E-state index contributed by atoms with van der Waals surface area (Å²) in [4.78, 5) is 22.2. The molecule has 2 atom stereocenters. The number of nitrogens with zero attached hydrogens (tertiary/aromatic N) is 4. The van der Waals surface area contributed by atoms with E-state index in [0.717, 1.165) is 24.7 Å². The number of ether oxygens (including phenoxy) is 5. The van der Waals surface area contributed by atoms with Crippen molar-refractivity contribution in [1.82, 2.24) is 5.32 Å². The summed E-state index contributed by atoms with van der Waals surface area (Å²) in [7, 11) is 0. The molecule has 4 aromatic heterocycles. The van der Waals surface area contributed by atoms with Crippen molar-refractivity contribution in [2.45, 2.75) is 59.2 Å². The fraction of sp³-hybridized carbons (Fsp3) is 0.422. The van der Waals surface area contributed by atoms with Gasteiger partial charge in [-0.15, -0.1) is 0 Å². The van der Waals surface area contributed by atoms with Crippen molar-refractivity contribution >= 4 is 11.9 Å². The van der Waals surface area contributed by atoms with E-state index in [1.54, 1.807) is 6.92 Å². The zero-order chi connectivity index (χ0) is 42.7. The number of aliphatic hydroxyl groups is 2. The molecule has 0 aliphatic carbocycles. The molecule has 0 radical (unpaired) electrons. The van der Waals surface area contributed by atoms with E-state index in [4.69, 9.17) is 23.7 Å². The van der Waals surface area contributed by atoms with E-state index in [-0.39, 0.29) is 45.5 Å². The summed E-state index contributed by atoms with van der Waals surface area (Å²) in [6, 6.07) is 16.8. The number of amides is 1. The van der Waals surface area contributed by atoms with Crippen LogP contribution < -0.4 is 23.6 Å². The topological polar surface area (TPSA) is 148 Å². The fourth-order valence-electron chi connectivity index (χ4n) is 5.28. The average Bonchev–Trinajstić information content (AvgIpc) is 3.27. The molecule has 0 aliphatic rings. The molecule has 0 bridgehead atoms. The van der Waals surface area contributed by atoms with Crippen LogP contribution in [0.2, 0.25) is 0 Å². The van der Waals surface area contributed by atoms with Gasteiger partial charge in [-0.2, -0.15) is 0 Å². The van der Waals surface area contributed by atoms with Crippen molar-refractivity contribution in [3.05, 3.63) is 123 Å². The summed E-state index contributed by atoms with van der Waals surface area (Å²) in [5.74, 6) is -0.683. The molecule has 4 aromatic rings. The first-order valence-electron chi connectivity index (χ1n) is 20.0. The first kappa shape index (κ1) is 48.2. The van der Waals surface area contributed by atoms with Gasteiger partial charge in [0.2, 0.25) is 5.91 Å². The number of aryl methyl sites for hydroxylation is 2. The highest BCUT2D eigenvalue weighted by atomic mass is 16.6. The highest BCUT2D eigenvalue weighted by Crippen LogP contribution is 2.16. The van der Waals surface area contributed by atoms with Crippen molar-refractivity contribution in [1.29, 1.82) is 0 Å². The molecule has 14 nitrogen and oxygen atoms in total. The minimum atomic E-state index is -0.721. The van der Waals surface area contributed by atoms with Gasteiger partial charge in [-0.1, -0.05) is 13.2 Å². The minimum absolute atomic E-state index is 0.128. The molecule has 2 unspecified atom stereocenters. The zero-order valence-electron chi connectivity index (χ0n) is 34.8. The number of pyridine rings is 4. The van der Waals surface area contributed by atoms with Gasteiger partial charge in [-0.3, -0.25) is 4.79 Å². The zero-order valence-corrected chi connectivity index (χ0v) is 34.8. The van der Waals surface area contributed by atoms with Crippen molar-refractivity contribution in [2.75, 3.05) is 66.0 Å². The van der Waals surface area contributed by atoms with Gasteiger partial charge >= 0.3 is 5.97 Å². The SMILES string of the molecule is C=C(C)C(=O)NCCOCC(O)COCC[n+]1ccc(-c2cc[n+](CC)cc2)cc1.C=CC(=O)OCCOCC(O)COCC[n+]1ccc(-c2cc[n+](CC)cc2)cc1. The molecule has 4 heterocycles. The summed E-state index contributed by atoms with van der Waals surface area (Å²) in [6.07, 6.45) is 16.1. The predicted molar refractivity (Wildman–Crippen MR) is 220 cm³/mol. The number of aliphatic hydroxyl groups excluding tert-OH is 2. The molecule has 0 fully saturated rings. The lowest BCUT2D eigenvalue weighted by Crippen LogP contribution is -2.36. The Hall–Kier alpha value is -5.22. The summed E-state index contributed by atoms with van der Waals surface area (Å²) < 4.78 is 34.7. The maximum Gasteiger partial charge on any atom is 0.330 e. The van der Waals surface area contributed by atoms with Crippen LogP contribution in [0, 0.1) is 0 Å². The summed E-state index contributed by atoms with van der Waals surface area (Å²) in [5, 5.41) is 22.4. The number of aromatic nitrogens is 4. The molecule has 14 heteroatoms. The Morgan fingerprint density at radius 3 is 1.32 bits per heavy atom. The Bertz CT molecular complexity index is 1810. The lowest BCUT2D eigenvalue weighted by Gasteiger charge is -2.11. The van der Waals surface area contributed by atoms with Crippen LogP contribution in [0.15, 0.2) is 123 Å². The summed E-state index contributed by atoms with van der Waals surface area (Å²) >= 11 is 0. The first-order chi connectivity index (χ1) is 28.6. The monoisotopic (exact) mass is 817 g/mol. The highest BCUT2D eigenvalue weighted by Gasteiger charge is 2.10. The third-order valence-corrected chi connectivity index (χ3v) is 8.75. The van der Waals surface area contributed by atoms with Gasteiger partial charge in [-0.05, 0) is 43.0 Å². The van der Waals surface area contributed by atoms with Gasteiger partial charge in [0.25, 0.3) is 0 Å². The van der Waals surface area contributed by atoms with Crippen LogP contribution in [0.3, 0.4) is 0 Å². The van der Waals surface area contributed by atoms with Crippen LogP contribution in [-0.4, -0.2) is 100 Å². The molecule has 0 aromatic carbocycles. The van der Waals surface area contributed by atoms with E-state index in [1.165, 1.54) is 16.7 Å². The molecular formula is C45H63N5O9+4. The first-order valence-corrected chi connectivity index (χ1v) is 20.0. The second-order valence-corrected chi connectivity index (χ2v) is 13.5. The second kappa shape index (κ2) is 28.2. The number of nitrogens with one attached hydrogen (secondary N) is 1. The van der Waals surface area contributed by atoms with Crippen molar-refractivity contribution < 1.29 is 61.8 Å². The summed E-state index contributed by atoms with van der Waals surface area (Å²) in [6.45, 7) is 18.8. The largest absolute Gasteiger partial charge is 0.460 e. The van der Waals surface area contributed by atoms with Gasteiger partial charge in [-0.25, -0.2) is 23.1 Å². The predicted octanol–water partition coefficient (Wildman–Crippen LogP) is 2.11. The highest BCUT2D eigenvalue weighted by molar-refractivity contribution is 5.92. The van der Waals surface area contributed by atoms with Gasteiger partial charge in [0.15, 0.2) is 62.7 Å². The van der Waals surface area contributed by atoms with Gasteiger partial charge < -0.3 is 39.2 Å². The number of carbonyl (C=O) groups excluding carboxylic acids is 2. The van der Waals surface area contributed by atoms with Crippen molar-refractivity contribution in [3.63, 3.8) is 0 Å². The molecule has 0 saturated heterocycles. The number of esters is 1. The molecule has 59 heavy (non-hydrogen) atoms. The fourth-order valence-corrected chi connectivity index (χ4v) is 5.28. The minimum Gasteiger partial charge on any atom is -0.460 e. The Morgan fingerprint density at radius 1 is 0.610 bits per heavy atom. The Morgan fingerprint density at radius 2 is 0.966 bits per heavy atom. The van der Waals surface area contributed by atoms with E-state index in [9.17, 15) is 19.8 Å². The van der Waals surface area contributed by atoms with Gasteiger partial charge in [0, 0.05) is 66.7 Å². The summed E-state index contributed by atoms with van der Waals surface area (Å²) in [5.41, 5.74) is 5.16. The third kappa shape index (κ3) is 19.9. The van der Waals surface area contributed by atoms with Crippen LogP contribution in [0.1, 0.15) is 20.8 Å². The van der Waals surface area contributed by atoms with E-state index in [2.05, 4.69) is 115 Å². The Labute approximate surface area is 348 Å². The molecule has 4 rings (SSSR count). The lowest BCUT2D eigenvalue weighted by atomic mass is 10.1. The number of hydrogen-bond donors (Lipinski definition) is 3. The van der Waals surface area contributed by atoms with Crippen LogP contribution in [0.25, 0.3) is 22.3 Å². The molecule has 1 amide bonds. The standard InChI is InChI=1S/C23H32N3O4.C22H30N2O5/c1-4-25-10-5-20(6-11-25)21-7-12-26(13-8-21)14-16-30-18-22(27)17-29-15-9-24-23(28)19(2)3;1-3-22(26)29-16-15-28-18-21(25)17-27-14-13-24-11-7-20(8-12-24)19-5-9-23(4-2)10-6-19/h5-8,10-13,22,27H,2,4,9,14-18H2,1,3H3;3,5-12,21,25H,1,4,13-18H2,2H3/q+1;+2/p+1. The molecule has 0 spiro atoms. The van der Waals surface area contributed by atoms with E-state index < -0.39 is 18.2 Å². The smallest absolute Gasteiger partial charge is 0.330 e. The number of hydrogen-bond acceptors (Lipinski definition) is 9. The lowest BCUT2D eigenvalue weighted by molar-refractivity contribution is -0.698. The van der Waals surface area contributed by atoms with Gasteiger partial charge in [0.1, 0.15) is 45.1 Å². The van der Waals surface area contributed by atoms with Crippen molar-refractivity contribution in [3.8, 4) is 22.3 Å². The number of carbonyl (C=O) groups is 2. The number of rotatable bonds is 26. The van der Waals surface area contributed by atoms with Gasteiger partial charge in [0.05, 0.1) is 39.6 Å². The third-order valence-electron chi connectivity index (χ3n) is 8.75. The van der Waals surface area contributed by atoms with E-state index in [0.29, 0.717) is 45.0 Å². The molecule has 3 N–H and O–H groups in total. The average molecular weight is 818 g/mol. The maximum atomic E-state index is 11.3. The van der Waals surface area contributed by atoms with Crippen LogP contribution in [0.4, 0.5) is 0 Å². The molecular weight excluding hydrogens is 755 g/mol. The van der Waals surface area contributed by atoms with E-state index >= 15 is 0 Å². The molecule has 318 valence electrons.